The standard InChI is InChI=1S/C18H22ClNO/c1-11(2)16-10-18(12(3)9-17(16)19)21-15-7-5-14(6-8-15)13(4)20/h5-11,13H,20H2,1-4H3/t13-/m0/s1. The SMILES string of the molecule is Cc1cc(Cl)c(C(C)C)cc1Oc1ccc([C@H](C)N)cc1. The zero-order chi connectivity index (χ0) is 15.6. The summed E-state index contributed by atoms with van der Waals surface area (Å²) >= 11 is 6.29. The Labute approximate surface area is 131 Å². The van der Waals surface area contributed by atoms with Crippen LogP contribution in [-0.4, -0.2) is 0 Å². The Balaban J connectivity index is 2.28. The van der Waals surface area contributed by atoms with E-state index in [1.165, 1.54) is 0 Å². The van der Waals surface area contributed by atoms with E-state index in [4.69, 9.17) is 22.1 Å². The van der Waals surface area contributed by atoms with Crippen LogP contribution in [0, 0.1) is 6.92 Å². The lowest BCUT2D eigenvalue weighted by Crippen LogP contribution is -2.04. The van der Waals surface area contributed by atoms with Gasteiger partial charge in [-0.15, -0.1) is 0 Å². The molecule has 0 aliphatic carbocycles. The Morgan fingerprint density at radius 1 is 1.05 bits per heavy atom. The molecular formula is C18H22ClNO. The summed E-state index contributed by atoms with van der Waals surface area (Å²) in [7, 11) is 0. The monoisotopic (exact) mass is 303 g/mol. The summed E-state index contributed by atoms with van der Waals surface area (Å²) in [6, 6.07) is 11.9. The molecule has 2 aromatic carbocycles. The van der Waals surface area contributed by atoms with Gasteiger partial charge in [0.2, 0.25) is 0 Å². The number of halogens is 1. The van der Waals surface area contributed by atoms with E-state index in [2.05, 4.69) is 13.8 Å². The number of rotatable bonds is 4. The molecular weight excluding hydrogens is 282 g/mol. The van der Waals surface area contributed by atoms with Crippen molar-refractivity contribution in [3.8, 4) is 11.5 Å². The molecule has 0 heterocycles. The fourth-order valence-electron chi connectivity index (χ4n) is 2.19. The number of hydrogen-bond acceptors (Lipinski definition) is 2. The molecule has 0 unspecified atom stereocenters. The molecule has 0 spiro atoms. The summed E-state index contributed by atoms with van der Waals surface area (Å²) in [5.74, 6) is 2.01. The Morgan fingerprint density at radius 2 is 1.67 bits per heavy atom. The van der Waals surface area contributed by atoms with Crippen molar-refractivity contribution in [2.24, 2.45) is 5.73 Å². The maximum atomic E-state index is 6.29. The molecule has 0 aromatic heterocycles. The van der Waals surface area contributed by atoms with Crippen molar-refractivity contribution in [2.45, 2.75) is 39.7 Å². The summed E-state index contributed by atoms with van der Waals surface area (Å²) < 4.78 is 5.99. The quantitative estimate of drug-likeness (QED) is 0.799. The number of nitrogens with two attached hydrogens (primary N) is 1. The number of benzene rings is 2. The summed E-state index contributed by atoms with van der Waals surface area (Å²) in [4.78, 5) is 0. The van der Waals surface area contributed by atoms with Gasteiger partial charge in [0, 0.05) is 11.1 Å². The zero-order valence-corrected chi connectivity index (χ0v) is 13.7. The van der Waals surface area contributed by atoms with Gasteiger partial charge in [0.05, 0.1) is 0 Å². The van der Waals surface area contributed by atoms with Gasteiger partial charge in [-0.1, -0.05) is 37.6 Å². The highest BCUT2D eigenvalue weighted by atomic mass is 35.5. The van der Waals surface area contributed by atoms with Crippen molar-refractivity contribution < 1.29 is 4.74 Å². The van der Waals surface area contributed by atoms with Crippen molar-refractivity contribution in [2.75, 3.05) is 0 Å². The predicted octanol–water partition coefficient (Wildman–Crippen LogP) is 5.58. The Hall–Kier alpha value is -1.51. The van der Waals surface area contributed by atoms with Crippen molar-refractivity contribution in [3.05, 3.63) is 58.1 Å². The average molecular weight is 304 g/mol. The minimum absolute atomic E-state index is 0.0314. The van der Waals surface area contributed by atoms with E-state index in [-0.39, 0.29) is 6.04 Å². The van der Waals surface area contributed by atoms with Crippen LogP contribution in [0.4, 0.5) is 0 Å². The second kappa shape index (κ2) is 6.50. The highest BCUT2D eigenvalue weighted by Gasteiger charge is 2.11. The topological polar surface area (TPSA) is 35.2 Å². The summed E-state index contributed by atoms with van der Waals surface area (Å²) in [6.45, 7) is 8.21. The van der Waals surface area contributed by atoms with Gasteiger partial charge in [-0.3, -0.25) is 0 Å². The molecule has 1 atom stereocenters. The largest absolute Gasteiger partial charge is 0.457 e. The lowest BCUT2D eigenvalue weighted by molar-refractivity contribution is 0.477. The van der Waals surface area contributed by atoms with E-state index in [1.54, 1.807) is 0 Å². The summed E-state index contributed by atoms with van der Waals surface area (Å²) in [6.07, 6.45) is 0. The minimum atomic E-state index is 0.0314. The first-order valence-corrected chi connectivity index (χ1v) is 7.59. The van der Waals surface area contributed by atoms with E-state index >= 15 is 0 Å². The number of hydrogen-bond donors (Lipinski definition) is 1. The molecule has 2 aromatic rings. The van der Waals surface area contributed by atoms with Gasteiger partial charge in [-0.25, -0.2) is 0 Å². The molecule has 0 aliphatic heterocycles. The molecule has 3 heteroatoms. The van der Waals surface area contributed by atoms with Gasteiger partial charge in [0.1, 0.15) is 11.5 Å². The molecule has 0 saturated heterocycles. The van der Waals surface area contributed by atoms with Crippen LogP contribution in [0.2, 0.25) is 5.02 Å². The van der Waals surface area contributed by atoms with Crippen molar-refractivity contribution in [1.82, 2.24) is 0 Å². The molecule has 0 saturated carbocycles. The first-order chi connectivity index (χ1) is 9.88. The molecule has 2 N–H and O–H groups in total. The minimum Gasteiger partial charge on any atom is -0.457 e. The third-order valence-electron chi connectivity index (χ3n) is 3.55. The van der Waals surface area contributed by atoms with Crippen LogP contribution in [0.3, 0.4) is 0 Å². The number of aryl methyl sites for hydroxylation is 1. The Morgan fingerprint density at radius 3 is 2.19 bits per heavy atom. The van der Waals surface area contributed by atoms with Crippen LogP contribution in [0.25, 0.3) is 0 Å². The highest BCUT2D eigenvalue weighted by molar-refractivity contribution is 6.31. The second-order valence-corrected chi connectivity index (χ2v) is 6.16. The predicted molar refractivity (Wildman–Crippen MR) is 89.4 cm³/mol. The van der Waals surface area contributed by atoms with E-state index in [9.17, 15) is 0 Å². The molecule has 0 fully saturated rings. The van der Waals surface area contributed by atoms with Gasteiger partial charge in [-0.05, 0) is 60.7 Å². The van der Waals surface area contributed by atoms with Crippen LogP contribution >= 0.6 is 11.6 Å². The third kappa shape index (κ3) is 3.78. The van der Waals surface area contributed by atoms with Crippen LogP contribution in [-0.2, 0) is 0 Å². The molecule has 112 valence electrons. The van der Waals surface area contributed by atoms with Crippen LogP contribution in [0.1, 0.15) is 49.4 Å². The van der Waals surface area contributed by atoms with Crippen molar-refractivity contribution in [3.63, 3.8) is 0 Å². The number of ether oxygens (including phenoxy) is 1. The van der Waals surface area contributed by atoms with Gasteiger partial charge < -0.3 is 10.5 Å². The second-order valence-electron chi connectivity index (χ2n) is 5.75. The van der Waals surface area contributed by atoms with Crippen LogP contribution < -0.4 is 10.5 Å². The maximum absolute atomic E-state index is 6.29. The highest BCUT2D eigenvalue weighted by Crippen LogP contribution is 2.34. The molecule has 0 aliphatic rings. The molecule has 0 radical (unpaired) electrons. The fourth-order valence-corrected chi connectivity index (χ4v) is 2.62. The molecule has 0 amide bonds. The first kappa shape index (κ1) is 15.9. The van der Waals surface area contributed by atoms with Crippen LogP contribution in [0.5, 0.6) is 11.5 Å². The Bertz CT molecular complexity index is 618. The van der Waals surface area contributed by atoms with Gasteiger partial charge in [-0.2, -0.15) is 0 Å². The fraction of sp³-hybridized carbons (Fsp3) is 0.333. The van der Waals surface area contributed by atoms with Crippen LogP contribution in [0.15, 0.2) is 36.4 Å². The molecule has 21 heavy (non-hydrogen) atoms. The normalized spacial score (nSPS) is 12.5. The molecule has 2 rings (SSSR count). The van der Waals surface area contributed by atoms with E-state index < -0.39 is 0 Å². The van der Waals surface area contributed by atoms with E-state index in [1.807, 2.05) is 50.2 Å². The molecule has 2 nitrogen and oxygen atoms in total. The lowest BCUT2D eigenvalue weighted by atomic mass is 10.0. The van der Waals surface area contributed by atoms with E-state index in [0.29, 0.717) is 5.92 Å². The first-order valence-electron chi connectivity index (χ1n) is 7.22. The van der Waals surface area contributed by atoms with E-state index in [0.717, 1.165) is 33.2 Å². The zero-order valence-electron chi connectivity index (χ0n) is 13.0. The van der Waals surface area contributed by atoms with Gasteiger partial charge >= 0.3 is 0 Å². The van der Waals surface area contributed by atoms with Gasteiger partial charge in [0.15, 0.2) is 0 Å². The van der Waals surface area contributed by atoms with Crippen molar-refractivity contribution >= 4 is 11.6 Å². The summed E-state index contributed by atoms with van der Waals surface area (Å²) in [5, 5.41) is 0.794. The van der Waals surface area contributed by atoms with Gasteiger partial charge in [0.25, 0.3) is 0 Å². The lowest BCUT2D eigenvalue weighted by Gasteiger charge is -2.15. The Kier molecular flexibility index (Phi) is 4.92. The maximum Gasteiger partial charge on any atom is 0.130 e. The smallest absolute Gasteiger partial charge is 0.130 e. The average Bonchev–Trinajstić information content (AvgIpc) is 2.42. The van der Waals surface area contributed by atoms with Crippen molar-refractivity contribution in [1.29, 1.82) is 0 Å². The molecule has 0 bridgehead atoms. The third-order valence-corrected chi connectivity index (χ3v) is 3.88. The summed E-state index contributed by atoms with van der Waals surface area (Å²) in [5.41, 5.74) is 9.08.